The molecule has 0 bridgehead atoms. The predicted molar refractivity (Wildman–Crippen MR) is 110 cm³/mol. The quantitative estimate of drug-likeness (QED) is 0.542. The Kier molecular flexibility index (Phi) is 5.42. The Morgan fingerprint density at radius 3 is 2.17 bits per heavy atom. The van der Waals surface area contributed by atoms with Crippen molar-refractivity contribution in [2.45, 2.75) is 13.3 Å². The monoisotopic (exact) mass is 384 g/mol. The molecule has 29 heavy (non-hydrogen) atoms. The Bertz CT molecular complexity index is 1090. The Labute approximate surface area is 168 Å². The van der Waals surface area contributed by atoms with Crippen molar-refractivity contribution in [2.75, 3.05) is 6.54 Å². The maximum atomic E-state index is 12.3. The molecule has 144 valence electrons. The van der Waals surface area contributed by atoms with Crippen LogP contribution in [0.4, 0.5) is 0 Å². The fourth-order valence-corrected chi connectivity index (χ4v) is 2.87. The SMILES string of the molecule is Cc1ccc(-c2nnc(-c3ccc(C(=O)NCCc4ccccn4)cc3)o2)cc1. The highest BCUT2D eigenvalue weighted by atomic mass is 16.4. The smallest absolute Gasteiger partial charge is 0.251 e. The first-order chi connectivity index (χ1) is 14.2. The molecule has 0 aliphatic carbocycles. The van der Waals surface area contributed by atoms with Crippen molar-refractivity contribution in [1.29, 1.82) is 0 Å². The summed E-state index contributed by atoms with van der Waals surface area (Å²) in [6.45, 7) is 2.56. The van der Waals surface area contributed by atoms with Gasteiger partial charge in [-0.25, -0.2) is 0 Å². The molecule has 0 aliphatic rings. The molecule has 6 nitrogen and oxygen atoms in total. The lowest BCUT2D eigenvalue weighted by Gasteiger charge is -2.05. The Morgan fingerprint density at radius 2 is 1.55 bits per heavy atom. The standard InChI is InChI=1S/C23H20N4O2/c1-16-5-7-18(8-6-16)22-26-27-23(29-22)19-11-9-17(10-12-19)21(28)25-15-13-20-4-2-3-14-24-20/h2-12,14H,13,15H2,1H3,(H,25,28). The first kappa shape index (κ1) is 18.6. The highest BCUT2D eigenvalue weighted by Crippen LogP contribution is 2.24. The molecule has 0 fully saturated rings. The first-order valence-electron chi connectivity index (χ1n) is 9.38. The number of benzene rings is 2. The molecule has 0 spiro atoms. The summed E-state index contributed by atoms with van der Waals surface area (Å²) in [4.78, 5) is 16.6. The molecule has 6 heteroatoms. The van der Waals surface area contributed by atoms with Crippen LogP contribution in [0.1, 0.15) is 21.6 Å². The Hall–Kier alpha value is -3.80. The van der Waals surface area contributed by atoms with E-state index in [1.165, 1.54) is 5.56 Å². The van der Waals surface area contributed by atoms with Gasteiger partial charge >= 0.3 is 0 Å². The molecule has 4 aromatic rings. The zero-order chi connectivity index (χ0) is 20.1. The molecule has 0 saturated heterocycles. The minimum atomic E-state index is -0.127. The maximum absolute atomic E-state index is 12.3. The van der Waals surface area contributed by atoms with Crippen LogP contribution in [-0.4, -0.2) is 27.6 Å². The van der Waals surface area contributed by atoms with E-state index in [2.05, 4.69) is 20.5 Å². The summed E-state index contributed by atoms with van der Waals surface area (Å²) >= 11 is 0. The summed E-state index contributed by atoms with van der Waals surface area (Å²) < 4.78 is 5.78. The van der Waals surface area contributed by atoms with Gasteiger partial charge in [0, 0.05) is 41.5 Å². The van der Waals surface area contributed by atoms with Crippen LogP contribution in [-0.2, 0) is 6.42 Å². The summed E-state index contributed by atoms with van der Waals surface area (Å²) in [5.41, 5.74) is 4.33. The lowest BCUT2D eigenvalue weighted by molar-refractivity contribution is 0.0954. The van der Waals surface area contributed by atoms with Gasteiger partial charge < -0.3 is 9.73 Å². The normalized spacial score (nSPS) is 10.7. The second-order valence-electron chi connectivity index (χ2n) is 6.68. The zero-order valence-electron chi connectivity index (χ0n) is 16.0. The van der Waals surface area contributed by atoms with Crippen LogP contribution >= 0.6 is 0 Å². The lowest BCUT2D eigenvalue weighted by atomic mass is 10.1. The van der Waals surface area contributed by atoms with E-state index in [9.17, 15) is 4.79 Å². The highest BCUT2D eigenvalue weighted by molar-refractivity contribution is 5.94. The topological polar surface area (TPSA) is 80.9 Å². The van der Waals surface area contributed by atoms with Gasteiger partial charge in [-0.2, -0.15) is 0 Å². The number of carbonyl (C=O) groups is 1. The molecule has 1 amide bonds. The van der Waals surface area contributed by atoms with Crippen molar-refractivity contribution in [3.63, 3.8) is 0 Å². The van der Waals surface area contributed by atoms with Gasteiger partial charge in [-0.1, -0.05) is 23.8 Å². The molecule has 0 atom stereocenters. The Balaban J connectivity index is 1.38. The van der Waals surface area contributed by atoms with Crippen molar-refractivity contribution in [2.24, 2.45) is 0 Å². The average molecular weight is 384 g/mol. The number of aryl methyl sites for hydroxylation is 1. The molecule has 2 heterocycles. The summed E-state index contributed by atoms with van der Waals surface area (Å²) in [6.07, 6.45) is 2.44. The molecule has 4 rings (SSSR count). The van der Waals surface area contributed by atoms with Gasteiger partial charge in [-0.05, 0) is 55.5 Å². The van der Waals surface area contributed by atoms with Crippen LogP contribution in [0.15, 0.2) is 77.3 Å². The fraction of sp³-hybridized carbons (Fsp3) is 0.130. The van der Waals surface area contributed by atoms with Crippen LogP contribution < -0.4 is 5.32 Å². The van der Waals surface area contributed by atoms with E-state index in [4.69, 9.17) is 4.42 Å². The molecular formula is C23H20N4O2. The molecular weight excluding hydrogens is 364 g/mol. The minimum Gasteiger partial charge on any atom is -0.416 e. The maximum Gasteiger partial charge on any atom is 0.251 e. The molecule has 0 saturated carbocycles. The second-order valence-corrected chi connectivity index (χ2v) is 6.68. The number of nitrogens with zero attached hydrogens (tertiary/aromatic N) is 3. The third kappa shape index (κ3) is 4.55. The molecule has 2 aromatic heterocycles. The van der Waals surface area contributed by atoms with Crippen LogP contribution in [0.5, 0.6) is 0 Å². The number of rotatable bonds is 6. The highest BCUT2D eigenvalue weighted by Gasteiger charge is 2.12. The van der Waals surface area contributed by atoms with Gasteiger partial charge in [-0.3, -0.25) is 9.78 Å². The van der Waals surface area contributed by atoms with Gasteiger partial charge in [-0.15, -0.1) is 10.2 Å². The van der Waals surface area contributed by atoms with E-state index in [1.807, 2.05) is 49.4 Å². The summed E-state index contributed by atoms with van der Waals surface area (Å²) in [7, 11) is 0. The Morgan fingerprint density at radius 1 is 0.897 bits per heavy atom. The third-order valence-corrected chi connectivity index (χ3v) is 4.51. The van der Waals surface area contributed by atoms with Gasteiger partial charge in [0.15, 0.2) is 0 Å². The van der Waals surface area contributed by atoms with E-state index in [-0.39, 0.29) is 5.91 Å². The van der Waals surface area contributed by atoms with Crippen molar-refractivity contribution in [1.82, 2.24) is 20.5 Å². The number of carbonyl (C=O) groups excluding carboxylic acids is 1. The van der Waals surface area contributed by atoms with Crippen molar-refractivity contribution in [3.05, 3.63) is 89.7 Å². The average Bonchev–Trinajstić information content (AvgIpc) is 3.25. The number of nitrogens with one attached hydrogen (secondary N) is 1. The number of amides is 1. The fourth-order valence-electron chi connectivity index (χ4n) is 2.87. The number of pyridine rings is 1. The summed E-state index contributed by atoms with van der Waals surface area (Å²) in [5.74, 6) is 0.761. The van der Waals surface area contributed by atoms with E-state index in [0.29, 0.717) is 30.3 Å². The molecule has 0 aliphatic heterocycles. The lowest BCUT2D eigenvalue weighted by Crippen LogP contribution is -2.25. The van der Waals surface area contributed by atoms with Gasteiger partial charge in [0.1, 0.15) is 0 Å². The van der Waals surface area contributed by atoms with Crippen molar-refractivity contribution in [3.8, 4) is 22.9 Å². The number of hydrogen-bond acceptors (Lipinski definition) is 5. The van der Waals surface area contributed by atoms with Gasteiger partial charge in [0.2, 0.25) is 11.8 Å². The van der Waals surface area contributed by atoms with Crippen LogP contribution in [0.3, 0.4) is 0 Å². The number of aromatic nitrogens is 3. The zero-order valence-corrected chi connectivity index (χ0v) is 16.0. The summed E-state index contributed by atoms with van der Waals surface area (Å²) in [6, 6.07) is 20.8. The van der Waals surface area contributed by atoms with Crippen LogP contribution in [0.2, 0.25) is 0 Å². The second kappa shape index (κ2) is 8.48. The van der Waals surface area contributed by atoms with E-state index in [1.54, 1.807) is 30.5 Å². The van der Waals surface area contributed by atoms with E-state index in [0.717, 1.165) is 16.8 Å². The molecule has 1 N–H and O–H groups in total. The van der Waals surface area contributed by atoms with Crippen LogP contribution in [0.25, 0.3) is 22.9 Å². The van der Waals surface area contributed by atoms with Gasteiger partial charge in [0.25, 0.3) is 5.91 Å². The molecule has 0 radical (unpaired) electrons. The van der Waals surface area contributed by atoms with Gasteiger partial charge in [0.05, 0.1) is 0 Å². The molecule has 2 aromatic carbocycles. The van der Waals surface area contributed by atoms with Crippen molar-refractivity contribution < 1.29 is 9.21 Å². The van der Waals surface area contributed by atoms with Crippen molar-refractivity contribution >= 4 is 5.91 Å². The van der Waals surface area contributed by atoms with E-state index < -0.39 is 0 Å². The number of hydrogen-bond donors (Lipinski definition) is 1. The first-order valence-corrected chi connectivity index (χ1v) is 9.38. The molecule has 0 unspecified atom stereocenters. The largest absolute Gasteiger partial charge is 0.416 e. The summed E-state index contributed by atoms with van der Waals surface area (Å²) in [5, 5.41) is 11.1. The van der Waals surface area contributed by atoms with Crippen LogP contribution in [0, 0.1) is 6.92 Å². The predicted octanol–water partition coefficient (Wildman–Crippen LogP) is 4.08. The minimum absolute atomic E-state index is 0.127. The van der Waals surface area contributed by atoms with E-state index >= 15 is 0 Å². The third-order valence-electron chi connectivity index (χ3n) is 4.51.